The first-order chi connectivity index (χ1) is 16.1. The van der Waals surface area contributed by atoms with Crippen molar-refractivity contribution in [2.24, 2.45) is 5.73 Å². The van der Waals surface area contributed by atoms with E-state index in [-0.39, 0.29) is 17.6 Å². The number of aromatic nitrogens is 3. The Balaban J connectivity index is 1.35. The molecule has 7 nitrogen and oxygen atoms in total. The molecule has 2 N–H and O–H groups in total. The van der Waals surface area contributed by atoms with E-state index >= 15 is 0 Å². The molecule has 0 bridgehead atoms. The molecule has 1 aliphatic carbocycles. The van der Waals surface area contributed by atoms with Crippen LogP contribution in [0.5, 0.6) is 0 Å². The van der Waals surface area contributed by atoms with Crippen LogP contribution in [0.4, 0.5) is 0 Å². The number of nitrogens with zero attached hydrogens (tertiary/aromatic N) is 3. The highest BCUT2D eigenvalue weighted by Gasteiger charge is 2.40. The second kappa shape index (κ2) is 9.19. The van der Waals surface area contributed by atoms with Gasteiger partial charge in [0.05, 0.1) is 11.1 Å². The number of hydrogen-bond acceptors (Lipinski definition) is 5. The van der Waals surface area contributed by atoms with Crippen molar-refractivity contribution >= 4 is 17.7 Å². The quantitative estimate of drug-likeness (QED) is 0.599. The molecule has 1 amide bonds. The van der Waals surface area contributed by atoms with Crippen LogP contribution >= 0.6 is 11.8 Å². The standard InChI is InChI=1S/C25H28N4O3S/c26-23(30)25(12-14-32-15-13-25)18-4-3-7-22(16-18)33-21-10-8-20(9-11-21)29-24(31)28(17-27-29)19-5-1-2-6-19/h3-4,7-11,16-17,19H,1-2,5-6,12-15H2,(H2,26,30). The fourth-order valence-corrected chi connectivity index (χ4v) is 5.85. The molecule has 8 heteroatoms. The minimum Gasteiger partial charge on any atom is -0.381 e. The Morgan fingerprint density at radius 3 is 2.48 bits per heavy atom. The van der Waals surface area contributed by atoms with Crippen LogP contribution < -0.4 is 11.4 Å². The van der Waals surface area contributed by atoms with Gasteiger partial charge in [0.15, 0.2) is 0 Å². The minimum absolute atomic E-state index is 0.0804. The third-order valence-corrected chi connectivity index (χ3v) is 7.93. The fourth-order valence-electron chi connectivity index (χ4n) is 4.97. The summed E-state index contributed by atoms with van der Waals surface area (Å²) in [6.07, 6.45) is 7.31. The summed E-state index contributed by atoms with van der Waals surface area (Å²) in [4.78, 5) is 27.3. The highest BCUT2D eigenvalue weighted by atomic mass is 32.2. The second-order valence-electron chi connectivity index (χ2n) is 8.85. The maximum absolute atomic E-state index is 12.8. The third-order valence-electron chi connectivity index (χ3n) is 6.93. The Morgan fingerprint density at radius 1 is 1.06 bits per heavy atom. The Kier molecular flexibility index (Phi) is 6.12. The second-order valence-corrected chi connectivity index (χ2v) is 10.0. The Bertz CT molecular complexity index is 1190. The Labute approximate surface area is 196 Å². The van der Waals surface area contributed by atoms with E-state index in [4.69, 9.17) is 10.5 Å². The summed E-state index contributed by atoms with van der Waals surface area (Å²) in [5, 5.41) is 4.34. The minimum atomic E-state index is -0.669. The van der Waals surface area contributed by atoms with Crippen molar-refractivity contribution in [2.45, 2.75) is 59.8 Å². The summed E-state index contributed by atoms with van der Waals surface area (Å²) in [6, 6.07) is 16.1. The maximum Gasteiger partial charge on any atom is 0.350 e. The van der Waals surface area contributed by atoms with Gasteiger partial charge in [0.2, 0.25) is 5.91 Å². The average molecular weight is 465 g/mol. The molecule has 0 radical (unpaired) electrons. The number of ether oxygens (including phenoxy) is 1. The number of nitrogens with two attached hydrogens (primary N) is 1. The molecule has 0 unspecified atom stereocenters. The number of benzene rings is 2. The van der Waals surface area contributed by atoms with Crippen LogP contribution in [0.15, 0.2) is 69.4 Å². The molecule has 1 saturated carbocycles. The van der Waals surface area contributed by atoms with Crippen LogP contribution in [-0.4, -0.2) is 33.5 Å². The summed E-state index contributed by atoms with van der Waals surface area (Å²) in [5.41, 5.74) is 6.78. The van der Waals surface area contributed by atoms with E-state index in [1.807, 2.05) is 42.5 Å². The van der Waals surface area contributed by atoms with Crippen molar-refractivity contribution in [3.63, 3.8) is 0 Å². The SMILES string of the molecule is NC(=O)C1(c2cccc(Sc3ccc(-n4ncn(C5CCCC5)c4=O)cc3)c2)CCOCC1. The van der Waals surface area contributed by atoms with Gasteiger partial charge in [-0.05, 0) is 67.6 Å². The number of carbonyl (C=O) groups is 1. The first-order valence-electron chi connectivity index (χ1n) is 11.5. The van der Waals surface area contributed by atoms with Gasteiger partial charge in [0.1, 0.15) is 6.33 Å². The summed E-state index contributed by atoms with van der Waals surface area (Å²) < 4.78 is 8.70. The van der Waals surface area contributed by atoms with Crippen LogP contribution in [0, 0.1) is 0 Å². The average Bonchev–Trinajstić information content (AvgIpc) is 3.50. The summed E-state index contributed by atoms with van der Waals surface area (Å²) >= 11 is 1.61. The maximum atomic E-state index is 12.8. The molecule has 2 aliphatic rings. The molecule has 172 valence electrons. The molecule has 5 rings (SSSR count). The van der Waals surface area contributed by atoms with Crippen LogP contribution in [0.25, 0.3) is 5.69 Å². The number of primary amides is 1. The fraction of sp³-hybridized carbons (Fsp3) is 0.400. The van der Waals surface area contributed by atoms with E-state index in [0.29, 0.717) is 26.1 Å². The lowest BCUT2D eigenvalue weighted by molar-refractivity contribution is -0.127. The molecule has 33 heavy (non-hydrogen) atoms. The smallest absolute Gasteiger partial charge is 0.350 e. The van der Waals surface area contributed by atoms with Gasteiger partial charge in [-0.3, -0.25) is 9.36 Å². The van der Waals surface area contributed by atoms with Crippen molar-refractivity contribution in [1.82, 2.24) is 14.3 Å². The van der Waals surface area contributed by atoms with Crippen molar-refractivity contribution < 1.29 is 9.53 Å². The topological polar surface area (TPSA) is 92.1 Å². The number of amides is 1. The predicted octanol–water partition coefficient (Wildman–Crippen LogP) is 3.83. The molecular weight excluding hydrogens is 436 g/mol. The first-order valence-corrected chi connectivity index (χ1v) is 12.3. The number of rotatable bonds is 6. The zero-order valence-electron chi connectivity index (χ0n) is 18.5. The normalized spacial score (nSPS) is 18.4. The van der Waals surface area contributed by atoms with Gasteiger partial charge in [-0.25, -0.2) is 4.79 Å². The molecule has 2 fully saturated rings. The molecule has 1 saturated heterocycles. The van der Waals surface area contributed by atoms with Crippen LogP contribution in [0.2, 0.25) is 0 Å². The molecular formula is C25H28N4O3S. The Morgan fingerprint density at radius 2 is 1.79 bits per heavy atom. The molecule has 2 heterocycles. The van der Waals surface area contributed by atoms with Crippen LogP contribution in [-0.2, 0) is 14.9 Å². The molecule has 0 spiro atoms. The predicted molar refractivity (Wildman–Crippen MR) is 127 cm³/mol. The van der Waals surface area contributed by atoms with E-state index < -0.39 is 5.41 Å². The lowest BCUT2D eigenvalue weighted by Gasteiger charge is -2.34. The lowest BCUT2D eigenvalue weighted by Crippen LogP contribution is -2.45. The van der Waals surface area contributed by atoms with Crippen molar-refractivity contribution in [3.05, 3.63) is 70.9 Å². The van der Waals surface area contributed by atoms with Gasteiger partial charge in [-0.1, -0.05) is 36.7 Å². The van der Waals surface area contributed by atoms with Crippen molar-refractivity contribution in [3.8, 4) is 5.69 Å². The van der Waals surface area contributed by atoms with Gasteiger partial charge in [-0.2, -0.15) is 9.78 Å². The highest BCUT2D eigenvalue weighted by molar-refractivity contribution is 7.99. The first kappa shape index (κ1) is 22.0. The summed E-state index contributed by atoms with van der Waals surface area (Å²) in [5.74, 6) is -0.292. The zero-order valence-corrected chi connectivity index (χ0v) is 19.3. The van der Waals surface area contributed by atoms with E-state index in [1.165, 1.54) is 17.5 Å². The highest BCUT2D eigenvalue weighted by Crippen LogP contribution is 2.37. The van der Waals surface area contributed by atoms with Crippen molar-refractivity contribution in [2.75, 3.05) is 13.2 Å². The van der Waals surface area contributed by atoms with Gasteiger partial charge in [0.25, 0.3) is 0 Å². The molecule has 3 aromatic rings. The van der Waals surface area contributed by atoms with Crippen LogP contribution in [0.3, 0.4) is 0 Å². The van der Waals surface area contributed by atoms with E-state index in [9.17, 15) is 9.59 Å². The monoisotopic (exact) mass is 464 g/mol. The molecule has 0 atom stereocenters. The molecule has 2 aromatic carbocycles. The third kappa shape index (κ3) is 4.25. The van der Waals surface area contributed by atoms with Gasteiger partial charge in [0, 0.05) is 29.0 Å². The zero-order chi connectivity index (χ0) is 22.8. The molecule has 1 aromatic heterocycles. The lowest BCUT2D eigenvalue weighted by atomic mass is 9.73. The molecule has 1 aliphatic heterocycles. The van der Waals surface area contributed by atoms with Gasteiger partial charge in [-0.15, -0.1) is 0 Å². The summed E-state index contributed by atoms with van der Waals surface area (Å²) in [7, 11) is 0. The summed E-state index contributed by atoms with van der Waals surface area (Å²) in [6.45, 7) is 1.08. The number of carbonyl (C=O) groups excluding carboxylic acids is 1. The van der Waals surface area contributed by atoms with E-state index in [1.54, 1.807) is 22.7 Å². The Hall–Kier alpha value is -2.84. The van der Waals surface area contributed by atoms with E-state index in [2.05, 4.69) is 11.2 Å². The number of hydrogen-bond donors (Lipinski definition) is 1. The largest absolute Gasteiger partial charge is 0.381 e. The van der Waals surface area contributed by atoms with Gasteiger partial charge < -0.3 is 10.5 Å². The van der Waals surface area contributed by atoms with Gasteiger partial charge >= 0.3 is 5.69 Å². The van der Waals surface area contributed by atoms with Crippen LogP contribution in [0.1, 0.15) is 50.1 Å². The van der Waals surface area contributed by atoms with E-state index in [0.717, 1.165) is 33.9 Å². The van der Waals surface area contributed by atoms with Crippen molar-refractivity contribution in [1.29, 1.82) is 0 Å².